The molecular weight excluding hydrogens is 276 g/mol. The third-order valence-corrected chi connectivity index (χ3v) is 3.64. The van der Waals surface area contributed by atoms with Gasteiger partial charge in [0.25, 0.3) is 0 Å². The fourth-order valence-corrected chi connectivity index (χ4v) is 2.27. The van der Waals surface area contributed by atoms with Crippen molar-refractivity contribution in [2.75, 3.05) is 11.9 Å². The molecule has 0 saturated carbocycles. The van der Waals surface area contributed by atoms with Gasteiger partial charge in [0.05, 0.1) is 0 Å². The number of anilines is 1. The van der Waals surface area contributed by atoms with Crippen molar-refractivity contribution in [3.05, 3.63) is 29.8 Å². The van der Waals surface area contributed by atoms with Gasteiger partial charge in [0.15, 0.2) is 5.11 Å². The number of hydrogen-bond donors (Lipinski definition) is 2. The number of benzene rings is 1. The van der Waals surface area contributed by atoms with Gasteiger partial charge < -0.3 is 10.6 Å². The summed E-state index contributed by atoms with van der Waals surface area (Å²) in [6.45, 7) is 14.4. The molecule has 1 aromatic carbocycles. The molecule has 0 aliphatic heterocycles. The highest BCUT2D eigenvalue weighted by molar-refractivity contribution is 7.80. The third-order valence-electron chi connectivity index (χ3n) is 3.40. The van der Waals surface area contributed by atoms with Gasteiger partial charge in [0.1, 0.15) is 0 Å². The van der Waals surface area contributed by atoms with Crippen LogP contribution in [0.1, 0.15) is 59.9 Å². The molecule has 0 aromatic heterocycles. The molecule has 0 fully saturated rings. The summed E-state index contributed by atoms with van der Waals surface area (Å²) in [5.74, 6) is 0. The van der Waals surface area contributed by atoms with Crippen molar-refractivity contribution in [3.63, 3.8) is 0 Å². The summed E-state index contributed by atoms with van der Waals surface area (Å²) in [7, 11) is 0. The highest BCUT2D eigenvalue weighted by Gasteiger charge is 2.13. The van der Waals surface area contributed by atoms with Crippen LogP contribution in [0.3, 0.4) is 0 Å². The minimum Gasteiger partial charge on any atom is -0.362 e. The zero-order valence-electron chi connectivity index (χ0n) is 14.3. The first-order valence-corrected chi connectivity index (χ1v) is 8.14. The first kappa shape index (κ1) is 18.0. The van der Waals surface area contributed by atoms with E-state index in [1.807, 2.05) is 0 Å². The van der Waals surface area contributed by atoms with Gasteiger partial charge in [-0.1, -0.05) is 53.7 Å². The highest BCUT2D eigenvalue weighted by atomic mass is 32.1. The van der Waals surface area contributed by atoms with Gasteiger partial charge in [-0.05, 0) is 53.6 Å². The van der Waals surface area contributed by atoms with E-state index in [1.165, 1.54) is 12.0 Å². The van der Waals surface area contributed by atoms with E-state index in [1.54, 1.807) is 0 Å². The van der Waals surface area contributed by atoms with Gasteiger partial charge in [0.2, 0.25) is 0 Å². The molecule has 1 aromatic rings. The zero-order chi connectivity index (χ0) is 16.1. The molecule has 0 heterocycles. The van der Waals surface area contributed by atoms with Gasteiger partial charge in [-0.3, -0.25) is 0 Å². The number of nitrogens with one attached hydrogen (secondary N) is 2. The van der Waals surface area contributed by atoms with Crippen LogP contribution in [0.25, 0.3) is 0 Å². The topological polar surface area (TPSA) is 24.1 Å². The predicted molar refractivity (Wildman–Crippen MR) is 98.1 cm³/mol. The van der Waals surface area contributed by atoms with Crippen LogP contribution in [0.5, 0.6) is 0 Å². The first-order chi connectivity index (χ1) is 9.58. The number of thiocarbonyl (C=S) groups is 1. The number of hydrogen-bond acceptors (Lipinski definition) is 1. The summed E-state index contributed by atoms with van der Waals surface area (Å²) in [6, 6.07) is 8.49. The Balaban J connectivity index is 2.38. The largest absolute Gasteiger partial charge is 0.362 e. The van der Waals surface area contributed by atoms with Crippen molar-refractivity contribution < 1.29 is 0 Å². The Bertz CT molecular complexity index is 450. The molecule has 0 amide bonds. The molecule has 2 N–H and O–H groups in total. The molecule has 2 nitrogen and oxygen atoms in total. The second-order valence-electron chi connectivity index (χ2n) is 7.87. The van der Waals surface area contributed by atoms with Gasteiger partial charge in [-0.15, -0.1) is 0 Å². The molecule has 0 bridgehead atoms. The summed E-state index contributed by atoms with van der Waals surface area (Å²) in [5, 5.41) is 7.21. The maximum atomic E-state index is 5.33. The molecular formula is C18H30N2S. The Hall–Kier alpha value is -1.09. The summed E-state index contributed by atoms with van der Waals surface area (Å²) >= 11 is 5.33. The van der Waals surface area contributed by atoms with E-state index in [0.717, 1.165) is 18.7 Å². The maximum absolute atomic E-state index is 5.33. The van der Waals surface area contributed by atoms with Gasteiger partial charge in [-0.25, -0.2) is 0 Å². The quantitative estimate of drug-likeness (QED) is 0.598. The lowest BCUT2D eigenvalue weighted by atomic mass is 9.87. The molecule has 0 aliphatic rings. The molecule has 0 saturated heterocycles. The third kappa shape index (κ3) is 7.47. The normalized spacial score (nSPS) is 12.1. The van der Waals surface area contributed by atoms with Crippen LogP contribution < -0.4 is 10.6 Å². The van der Waals surface area contributed by atoms with Crippen molar-refractivity contribution in [2.24, 2.45) is 5.41 Å². The zero-order valence-corrected chi connectivity index (χ0v) is 15.2. The van der Waals surface area contributed by atoms with E-state index < -0.39 is 0 Å². The molecule has 0 unspecified atom stereocenters. The Labute approximate surface area is 135 Å². The molecule has 1 rings (SSSR count). The summed E-state index contributed by atoms with van der Waals surface area (Å²) in [5.41, 5.74) is 2.94. The van der Waals surface area contributed by atoms with Crippen molar-refractivity contribution >= 4 is 23.0 Å². The van der Waals surface area contributed by atoms with E-state index in [0.29, 0.717) is 10.5 Å². The van der Waals surface area contributed by atoms with Crippen LogP contribution in [-0.4, -0.2) is 11.7 Å². The van der Waals surface area contributed by atoms with Crippen molar-refractivity contribution in [1.29, 1.82) is 0 Å². The average Bonchev–Trinajstić information content (AvgIpc) is 2.33. The molecule has 118 valence electrons. The monoisotopic (exact) mass is 306 g/mol. The van der Waals surface area contributed by atoms with E-state index >= 15 is 0 Å². The Kier molecular flexibility index (Phi) is 6.21. The van der Waals surface area contributed by atoms with Crippen molar-refractivity contribution in [2.45, 2.75) is 59.8 Å². The summed E-state index contributed by atoms with van der Waals surface area (Å²) in [4.78, 5) is 0. The molecule has 0 radical (unpaired) electrons. The second-order valence-corrected chi connectivity index (χ2v) is 8.28. The van der Waals surface area contributed by atoms with E-state index in [-0.39, 0.29) is 5.41 Å². The lowest BCUT2D eigenvalue weighted by molar-refractivity contribution is 0.365. The lowest BCUT2D eigenvalue weighted by Crippen LogP contribution is -2.29. The van der Waals surface area contributed by atoms with Gasteiger partial charge >= 0.3 is 0 Å². The molecule has 0 atom stereocenters. The molecule has 0 spiro atoms. The van der Waals surface area contributed by atoms with E-state index in [9.17, 15) is 0 Å². The minimum absolute atomic E-state index is 0.185. The van der Waals surface area contributed by atoms with Crippen LogP contribution in [-0.2, 0) is 5.41 Å². The smallest absolute Gasteiger partial charge is 0.170 e. The maximum Gasteiger partial charge on any atom is 0.170 e. The second kappa shape index (κ2) is 7.26. The Morgan fingerprint density at radius 3 is 2.05 bits per heavy atom. The van der Waals surface area contributed by atoms with Gasteiger partial charge in [-0.2, -0.15) is 0 Å². The van der Waals surface area contributed by atoms with Crippen LogP contribution in [0.4, 0.5) is 5.69 Å². The predicted octanol–water partition coefficient (Wildman–Crippen LogP) is 5.10. The molecule has 0 aliphatic carbocycles. The van der Waals surface area contributed by atoms with E-state index in [4.69, 9.17) is 12.2 Å². The lowest BCUT2D eigenvalue weighted by Gasteiger charge is -2.20. The standard InChI is InChI=1S/C18H30N2S/c1-17(2,3)12-7-13-19-16(21)20-15-10-8-14(9-11-15)18(4,5)6/h8-11H,7,12-13H2,1-6H3,(H2,19,20,21). The van der Waals surface area contributed by atoms with Crippen LogP contribution in [0.2, 0.25) is 0 Å². The number of rotatable bonds is 4. The van der Waals surface area contributed by atoms with Crippen LogP contribution >= 0.6 is 12.2 Å². The average molecular weight is 307 g/mol. The van der Waals surface area contributed by atoms with E-state index in [2.05, 4.69) is 76.4 Å². The van der Waals surface area contributed by atoms with Crippen LogP contribution in [0, 0.1) is 5.41 Å². The first-order valence-electron chi connectivity index (χ1n) is 7.73. The minimum atomic E-state index is 0.185. The highest BCUT2D eigenvalue weighted by Crippen LogP contribution is 2.23. The fourth-order valence-electron chi connectivity index (χ4n) is 2.05. The van der Waals surface area contributed by atoms with Crippen molar-refractivity contribution in [3.8, 4) is 0 Å². The summed E-state index contributed by atoms with van der Waals surface area (Å²) < 4.78 is 0. The van der Waals surface area contributed by atoms with Crippen LogP contribution in [0.15, 0.2) is 24.3 Å². The summed E-state index contributed by atoms with van der Waals surface area (Å²) in [6.07, 6.45) is 2.33. The SMILES string of the molecule is CC(C)(C)CCCNC(=S)Nc1ccc(C(C)(C)C)cc1. The van der Waals surface area contributed by atoms with Crippen molar-refractivity contribution in [1.82, 2.24) is 5.32 Å². The Morgan fingerprint density at radius 1 is 1.00 bits per heavy atom. The molecule has 21 heavy (non-hydrogen) atoms. The molecule has 3 heteroatoms. The van der Waals surface area contributed by atoms with Gasteiger partial charge in [0, 0.05) is 12.2 Å². The fraction of sp³-hybridized carbons (Fsp3) is 0.611. The Morgan fingerprint density at radius 2 is 1.57 bits per heavy atom.